The van der Waals surface area contributed by atoms with E-state index in [4.69, 9.17) is 4.74 Å². The van der Waals surface area contributed by atoms with Crippen LogP contribution < -0.4 is 10.2 Å². The number of hydrazone groups is 1. The fourth-order valence-electron chi connectivity index (χ4n) is 2.17. The third-order valence-electron chi connectivity index (χ3n) is 3.88. The maximum absolute atomic E-state index is 11.8. The number of phenolic OH excluding ortho intramolecular Hbond substituents is 1. The molecule has 2 rings (SSSR count). The zero-order valence-electron chi connectivity index (χ0n) is 14.5. The molecule has 0 spiro atoms. The lowest BCUT2D eigenvalue weighted by atomic mass is 9.99. The molecular formula is C19H20Br2N2O3. The van der Waals surface area contributed by atoms with Crippen molar-refractivity contribution in [3.8, 4) is 11.5 Å². The van der Waals surface area contributed by atoms with Crippen molar-refractivity contribution in [3.63, 3.8) is 0 Å². The van der Waals surface area contributed by atoms with Gasteiger partial charge < -0.3 is 9.84 Å². The molecular weight excluding hydrogens is 464 g/mol. The van der Waals surface area contributed by atoms with Crippen LogP contribution in [0.25, 0.3) is 0 Å². The molecule has 5 nitrogen and oxygen atoms in total. The minimum Gasteiger partial charge on any atom is -0.506 e. The topological polar surface area (TPSA) is 70.9 Å². The Labute approximate surface area is 169 Å². The molecule has 2 aromatic carbocycles. The highest BCUT2D eigenvalue weighted by Gasteiger charge is 2.07. The molecule has 0 bridgehead atoms. The molecule has 0 aromatic heterocycles. The Bertz CT molecular complexity index is 792. The molecule has 2 N–H and O–H groups in total. The third kappa shape index (κ3) is 5.85. The van der Waals surface area contributed by atoms with Crippen LogP contribution in [0.3, 0.4) is 0 Å². The van der Waals surface area contributed by atoms with Crippen molar-refractivity contribution in [1.29, 1.82) is 0 Å². The lowest BCUT2D eigenvalue weighted by molar-refractivity contribution is -0.123. The lowest BCUT2D eigenvalue weighted by Gasteiger charge is -2.10. The van der Waals surface area contributed by atoms with E-state index >= 15 is 0 Å². The van der Waals surface area contributed by atoms with Crippen LogP contribution in [0.5, 0.6) is 11.5 Å². The maximum Gasteiger partial charge on any atom is 0.277 e. The van der Waals surface area contributed by atoms with Crippen molar-refractivity contribution in [3.05, 3.63) is 56.5 Å². The predicted molar refractivity (Wildman–Crippen MR) is 110 cm³/mol. The SMILES string of the molecule is CCC(C)c1ccc(OCC(=O)N/N=C/c2cc(Br)cc(Br)c2O)cc1. The molecule has 0 fully saturated rings. The minimum atomic E-state index is -0.388. The number of nitrogens with zero attached hydrogens (tertiary/aromatic N) is 1. The van der Waals surface area contributed by atoms with Crippen molar-refractivity contribution in [2.45, 2.75) is 26.2 Å². The number of carbonyl (C=O) groups excluding carboxylic acids is 1. The zero-order chi connectivity index (χ0) is 19.1. The maximum atomic E-state index is 11.8. The number of phenols is 1. The molecule has 0 aliphatic rings. The fourth-order valence-corrected chi connectivity index (χ4v) is 3.43. The Morgan fingerprint density at radius 1 is 1.31 bits per heavy atom. The van der Waals surface area contributed by atoms with Crippen molar-refractivity contribution in [1.82, 2.24) is 5.43 Å². The first kappa shape index (κ1) is 20.5. The summed E-state index contributed by atoms with van der Waals surface area (Å²) in [4.78, 5) is 11.8. The summed E-state index contributed by atoms with van der Waals surface area (Å²) >= 11 is 6.56. The van der Waals surface area contributed by atoms with Crippen molar-refractivity contribution in [2.75, 3.05) is 6.61 Å². The fraction of sp³-hybridized carbons (Fsp3) is 0.263. The molecule has 26 heavy (non-hydrogen) atoms. The van der Waals surface area contributed by atoms with E-state index in [1.165, 1.54) is 11.8 Å². The van der Waals surface area contributed by atoms with E-state index in [2.05, 4.69) is 56.2 Å². The standard InChI is InChI=1S/C19H20Br2N2O3/c1-3-12(2)13-4-6-16(7-5-13)26-11-18(24)23-22-10-14-8-15(20)9-17(21)19(14)25/h4-10,12,25H,3,11H2,1-2H3,(H,23,24)/b22-10+. The molecule has 1 atom stereocenters. The van der Waals surface area contributed by atoms with E-state index in [0.717, 1.165) is 10.9 Å². The third-order valence-corrected chi connectivity index (χ3v) is 4.94. The molecule has 0 saturated carbocycles. The summed E-state index contributed by atoms with van der Waals surface area (Å²) in [5.74, 6) is 0.783. The number of amides is 1. The van der Waals surface area contributed by atoms with Gasteiger partial charge in [-0.05, 0) is 58.1 Å². The van der Waals surface area contributed by atoms with Crippen LogP contribution in [-0.4, -0.2) is 23.8 Å². The summed E-state index contributed by atoms with van der Waals surface area (Å²) in [6.07, 6.45) is 2.44. The summed E-state index contributed by atoms with van der Waals surface area (Å²) in [5, 5.41) is 13.8. The van der Waals surface area contributed by atoms with E-state index in [1.807, 2.05) is 24.3 Å². The van der Waals surface area contributed by atoms with E-state index in [1.54, 1.807) is 12.1 Å². The molecule has 2 aromatic rings. The molecule has 138 valence electrons. The van der Waals surface area contributed by atoms with Crippen molar-refractivity contribution >= 4 is 44.0 Å². The highest BCUT2D eigenvalue weighted by atomic mass is 79.9. The predicted octanol–water partition coefficient (Wildman–Crippen LogP) is 4.96. The van der Waals surface area contributed by atoms with Crippen LogP contribution in [0.4, 0.5) is 0 Å². The summed E-state index contributed by atoms with van der Waals surface area (Å²) in [6.45, 7) is 4.17. The molecule has 0 aliphatic heterocycles. The van der Waals surface area contributed by atoms with E-state index in [0.29, 0.717) is 21.7 Å². The molecule has 0 radical (unpaired) electrons. The molecule has 0 aliphatic carbocycles. The van der Waals surface area contributed by atoms with Crippen LogP contribution in [0.15, 0.2) is 50.4 Å². The number of carbonyl (C=O) groups is 1. The average Bonchev–Trinajstić information content (AvgIpc) is 2.63. The highest BCUT2D eigenvalue weighted by molar-refractivity contribution is 9.11. The van der Waals surface area contributed by atoms with Gasteiger partial charge in [0, 0.05) is 10.0 Å². The molecule has 0 saturated heterocycles. The van der Waals surface area contributed by atoms with Crippen molar-refractivity contribution < 1.29 is 14.6 Å². The number of hydrogen-bond acceptors (Lipinski definition) is 4. The van der Waals surface area contributed by atoms with Gasteiger partial charge in [-0.2, -0.15) is 5.10 Å². The van der Waals surface area contributed by atoms with Gasteiger partial charge in [-0.1, -0.05) is 41.9 Å². The van der Waals surface area contributed by atoms with Gasteiger partial charge in [0.15, 0.2) is 6.61 Å². The van der Waals surface area contributed by atoms with Gasteiger partial charge in [-0.3, -0.25) is 4.79 Å². The van der Waals surface area contributed by atoms with Crippen LogP contribution >= 0.6 is 31.9 Å². The van der Waals surface area contributed by atoms with Crippen LogP contribution in [0.2, 0.25) is 0 Å². The summed E-state index contributed by atoms with van der Waals surface area (Å²) < 4.78 is 6.76. The molecule has 0 heterocycles. The number of aromatic hydroxyl groups is 1. The van der Waals surface area contributed by atoms with E-state index in [9.17, 15) is 9.90 Å². The Morgan fingerprint density at radius 2 is 2.00 bits per heavy atom. The number of ether oxygens (including phenoxy) is 1. The first-order chi connectivity index (χ1) is 12.4. The normalized spacial score (nSPS) is 12.2. The molecule has 1 unspecified atom stereocenters. The van der Waals surface area contributed by atoms with E-state index < -0.39 is 0 Å². The van der Waals surface area contributed by atoms with Crippen molar-refractivity contribution in [2.24, 2.45) is 5.10 Å². The van der Waals surface area contributed by atoms with Gasteiger partial charge >= 0.3 is 0 Å². The Balaban J connectivity index is 1.86. The summed E-state index contributed by atoms with van der Waals surface area (Å²) in [7, 11) is 0. The van der Waals surface area contributed by atoms with Crippen LogP contribution in [0.1, 0.15) is 37.3 Å². The average molecular weight is 484 g/mol. The van der Waals surface area contributed by atoms with Gasteiger partial charge in [0.25, 0.3) is 5.91 Å². The summed E-state index contributed by atoms with van der Waals surface area (Å²) in [6, 6.07) is 11.1. The van der Waals surface area contributed by atoms with Crippen LogP contribution in [-0.2, 0) is 4.79 Å². The van der Waals surface area contributed by atoms with Gasteiger partial charge in [-0.15, -0.1) is 0 Å². The monoisotopic (exact) mass is 482 g/mol. The van der Waals surface area contributed by atoms with Gasteiger partial charge in [0.1, 0.15) is 11.5 Å². The van der Waals surface area contributed by atoms with Gasteiger partial charge in [-0.25, -0.2) is 5.43 Å². The Kier molecular flexibility index (Phi) is 7.66. The number of nitrogens with one attached hydrogen (secondary N) is 1. The molecule has 7 heteroatoms. The first-order valence-corrected chi connectivity index (χ1v) is 9.72. The second-order valence-electron chi connectivity index (χ2n) is 5.79. The quantitative estimate of drug-likeness (QED) is 0.431. The zero-order valence-corrected chi connectivity index (χ0v) is 17.7. The first-order valence-electron chi connectivity index (χ1n) is 8.13. The number of benzene rings is 2. The summed E-state index contributed by atoms with van der Waals surface area (Å²) in [5.41, 5.74) is 4.08. The smallest absolute Gasteiger partial charge is 0.277 e. The minimum absolute atomic E-state index is 0.0452. The lowest BCUT2D eigenvalue weighted by Crippen LogP contribution is -2.24. The number of halogens is 2. The highest BCUT2D eigenvalue weighted by Crippen LogP contribution is 2.30. The number of hydrogen-bond donors (Lipinski definition) is 2. The van der Waals surface area contributed by atoms with Crippen LogP contribution in [0, 0.1) is 0 Å². The Morgan fingerprint density at radius 3 is 2.65 bits per heavy atom. The Hall–Kier alpha value is -1.86. The van der Waals surface area contributed by atoms with Gasteiger partial charge in [0.05, 0.1) is 10.7 Å². The largest absolute Gasteiger partial charge is 0.506 e. The second kappa shape index (κ2) is 9.73. The second-order valence-corrected chi connectivity index (χ2v) is 7.56. The number of rotatable bonds is 7. The van der Waals surface area contributed by atoms with Gasteiger partial charge in [0.2, 0.25) is 0 Å². The van der Waals surface area contributed by atoms with E-state index in [-0.39, 0.29) is 18.3 Å². The molecule has 1 amide bonds.